The van der Waals surface area contributed by atoms with Gasteiger partial charge in [-0.05, 0) is 24.6 Å². The van der Waals surface area contributed by atoms with Gasteiger partial charge in [-0.15, -0.1) is 11.3 Å². The lowest BCUT2D eigenvalue weighted by Gasteiger charge is -2.34. The van der Waals surface area contributed by atoms with E-state index < -0.39 is 0 Å². The molecule has 6 nitrogen and oxygen atoms in total. The number of nitrogens with zero attached hydrogens (tertiary/aromatic N) is 4. The summed E-state index contributed by atoms with van der Waals surface area (Å²) >= 11 is 1.71. The smallest absolute Gasteiger partial charge is 0.191 e. The Labute approximate surface area is 172 Å². The molecule has 152 valence electrons. The van der Waals surface area contributed by atoms with Gasteiger partial charge in [0, 0.05) is 57.4 Å². The van der Waals surface area contributed by atoms with Crippen LogP contribution in [-0.2, 0) is 19.6 Å². The van der Waals surface area contributed by atoms with E-state index in [1.54, 1.807) is 11.3 Å². The SMILES string of the molecule is CCN1CCN(Cc2ccccc2CNC(=NC)NCc2ncc(C)s2)CC1. The van der Waals surface area contributed by atoms with E-state index in [-0.39, 0.29) is 0 Å². The summed E-state index contributed by atoms with van der Waals surface area (Å²) in [6, 6.07) is 8.71. The molecule has 0 atom stereocenters. The first-order valence-electron chi connectivity index (χ1n) is 10.0. The van der Waals surface area contributed by atoms with Crippen LogP contribution in [0, 0.1) is 6.92 Å². The zero-order valence-electron chi connectivity index (χ0n) is 17.2. The molecular weight excluding hydrogens is 368 g/mol. The second kappa shape index (κ2) is 10.5. The number of hydrogen-bond donors (Lipinski definition) is 2. The van der Waals surface area contributed by atoms with Crippen molar-refractivity contribution in [1.29, 1.82) is 0 Å². The van der Waals surface area contributed by atoms with Crippen molar-refractivity contribution in [2.45, 2.75) is 33.5 Å². The summed E-state index contributed by atoms with van der Waals surface area (Å²) in [5.74, 6) is 0.805. The standard InChI is InChI=1S/C21H32N6S/c1-4-26-9-11-27(12-10-26)16-19-8-6-5-7-18(19)14-24-21(22-3)25-15-20-23-13-17(2)28-20/h5-8,13H,4,9-12,14-16H2,1-3H3,(H2,22,24,25). The van der Waals surface area contributed by atoms with Gasteiger partial charge in [0.2, 0.25) is 0 Å². The number of thiazole rings is 1. The second-order valence-corrected chi connectivity index (χ2v) is 8.44. The fraction of sp³-hybridized carbons (Fsp3) is 0.524. The third kappa shape index (κ3) is 6.02. The molecule has 2 aromatic rings. The summed E-state index contributed by atoms with van der Waals surface area (Å²) in [4.78, 5) is 15.0. The Hall–Kier alpha value is -1.96. The molecule has 1 fully saturated rings. The number of nitrogens with one attached hydrogen (secondary N) is 2. The monoisotopic (exact) mass is 400 g/mol. The summed E-state index contributed by atoms with van der Waals surface area (Å²) in [6.45, 7) is 12.6. The Morgan fingerprint density at radius 3 is 2.39 bits per heavy atom. The normalized spacial score (nSPS) is 16.3. The minimum absolute atomic E-state index is 0.696. The van der Waals surface area contributed by atoms with Crippen LogP contribution < -0.4 is 10.6 Å². The van der Waals surface area contributed by atoms with E-state index in [0.29, 0.717) is 6.54 Å². The van der Waals surface area contributed by atoms with Crippen LogP contribution >= 0.6 is 11.3 Å². The quantitative estimate of drug-likeness (QED) is 0.552. The van der Waals surface area contributed by atoms with Gasteiger partial charge in [0.1, 0.15) is 5.01 Å². The predicted molar refractivity (Wildman–Crippen MR) is 118 cm³/mol. The summed E-state index contributed by atoms with van der Waals surface area (Å²) < 4.78 is 0. The van der Waals surface area contributed by atoms with Crippen LogP contribution in [0.1, 0.15) is 27.9 Å². The van der Waals surface area contributed by atoms with Crippen LogP contribution in [0.25, 0.3) is 0 Å². The molecule has 1 aliphatic heterocycles. The minimum atomic E-state index is 0.696. The average molecular weight is 401 g/mol. The highest BCUT2D eigenvalue weighted by Crippen LogP contribution is 2.14. The van der Waals surface area contributed by atoms with Crippen LogP contribution in [0.15, 0.2) is 35.5 Å². The van der Waals surface area contributed by atoms with Gasteiger partial charge >= 0.3 is 0 Å². The highest BCUT2D eigenvalue weighted by Gasteiger charge is 2.16. The molecule has 2 N–H and O–H groups in total. The molecule has 2 heterocycles. The number of likely N-dealkylation sites (N-methyl/N-ethyl adjacent to an activating group) is 1. The van der Waals surface area contributed by atoms with Gasteiger partial charge < -0.3 is 15.5 Å². The summed E-state index contributed by atoms with van der Waals surface area (Å²) in [5, 5.41) is 7.87. The van der Waals surface area contributed by atoms with Crippen LogP contribution in [-0.4, -0.2) is 60.5 Å². The molecular formula is C21H32N6S. The van der Waals surface area contributed by atoms with Crippen molar-refractivity contribution in [2.75, 3.05) is 39.8 Å². The van der Waals surface area contributed by atoms with E-state index in [1.165, 1.54) is 29.1 Å². The van der Waals surface area contributed by atoms with E-state index >= 15 is 0 Å². The predicted octanol–water partition coefficient (Wildman–Crippen LogP) is 2.45. The van der Waals surface area contributed by atoms with Gasteiger partial charge in [-0.3, -0.25) is 9.89 Å². The number of aryl methyl sites for hydroxylation is 1. The fourth-order valence-electron chi connectivity index (χ4n) is 3.43. The molecule has 0 bridgehead atoms. The van der Waals surface area contributed by atoms with Gasteiger partial charge in [-0.2, -0.15) is 0 Å². The zero-order chi connectivity index (χ0) is 19.8. The molecule has 0 aliphatic carbocycles. The Kier molecular flexibility index (Phi) is 7.82. The number of rotatable bonds is 7. The molecule has 0 spiro atoms. The summed E-state index contributed by atoms with van der Waals surface area (Å²) in [7, 11) is 1.81. The molecule has 1 saturated heterocycles. The zero-order valence-corrected chi connectivity index (χ0v) is 18.1. The maximum atomic E-state index is 4.40. The van der Waals surface area contributed by atoms with Crippen LogP contribution in [0.2, 0.25) is 0 Å². The molecule has 7 heteroatoms. The van der Waals surface area contributed by atoms with Gasteiger partial charge in [0.25, 0.3) is 0 Å². The summed E-state index contributed by atoms with van der Waals surface area (Å²) in [5.41, 5.74) is 2.72. The van der Waals surface area contributed by atoms with Gasteiger partial charge in [0.15, 0.2) is 5.96 Å². The molecule has 0 amide bonds. The van der Waals surface area contributed by atoms with Crippen molar-refractivity contribution in [3.63, 3.8) is 0 Å². The first-order chi connectivity index (χ1) is 13.7. The molecule has 28 heavy (non-hydrogen) atoms. The fourth-order valence-corrected chi connectivity index (χ4v) is 4.16. The van der Waals surface area contributed by atoms with Crippen molar-refractivity contribution in [2.24, 2.45) is 4.99 Å². The lowest BCUT2D eigenvalue weighted by atomic mass is 10.1. The molecule has 1 aromatic heterocycles. The van der Waals surface area contributed by atoms with Gasteiger partial charge in [-0.25, -0.2) is 4.98 Å². The van der Waals surface area contributed by atoms with Gasteiger partial charge in [-0.1, -0.05) is 31.2 Å². The van der Waals surface area contributed by atoms with E-state index in [2.05, 4.69) is 68.5 Å². The van der Waals surface area contributed by atoms with Crippen molar-refractivity contribution in [3.8, 4) is 0 Å². The topological polar surface area (TPSA) is 55.8 Å². The first kappa shape index (κ1) is 20.8. The number of benzene rings is 1. The molecule has 0 radical (unpaired) electrons. The number of aliphatic imine (C=N–C) groups is 1. The minimum Gasteiger partial charge on any atom is -0.352 e. The van der Waals surface area contributed by atoms with E-state index in [1.807, 2.05) is 13.2 Å². The Bertz CT molecular complexity index is 764. The van der Waals surface area contributed by atoms with Crippen molar-refractivity contribution in [3.05, 3.63) is 51.5 Å². The third-order valence-electron chi connectivity index (χ3n) is 5.17. The van der Waals surface area contributed by atoms with Crippen molar-refractivity contribution in [1.82, 2.24) is 25.4 Å². The Morgan fingerprint density at radius 1 is 1.07 bits per heavy atom. The van der Waals surface area contributed by atoms with E-state index in [9.17, 15) is 0 Å². The maximum Gasteiger partial charge on any atom is 0.191 e. The molecule has 0 unspecified atom stereocenters. The highest BCUT2D eigenvalue weighted by atomic mass is 32.1. The van der Waals surface area contributed by atoms with Gasteiger partial charge in [0.05, 0.1) is 6.54 Å². The van der Waals surface area contributed by atoms with Crippen LogP contribution in [0.4, 0.5) is 0 Å². The number of hydrogen-bond acceptors (Lipinski definition) is 5. The molecule has 0 saturated carbocycles. The maximum absolute atomic E-state index is 4.40. The van der Waals surface area contributed by atoms with Crippen LogP contribution in [0.5, 0.6) is 0 Å². The first-order valence-corrected chi connectivity index (χ1v) is 10.9. The molecule has 1 aliphatic rings. The van der Waals surface area contributed by atoms with E-state index in [4.69, 9.17) is 0 Å². The van der Waals surface area contributed by atoms with Crippen LogP contribution in [0.3, 0.4) is 0 Å². The second-order valence-electron chi connectivity index (χ2n) is 7.12. The molecule has 3 rings (SSSR count). The lowest BCUT2D eigenvalue weighted by Crippen LogP contribution is -2.45. The number of aromatic nitrogens is 1. The number of piperazine rings is 1. The average Bonchev–Trinajstić information content (AvgIpc) is 3.15. The van der Waals surface area contributed by atoms with Crippen molar-refractivity contribution >= 4 is 17.3 Å². The van der Waals surface area contributed by atoms with E-state index in [0.717, 1.165) is 43.7 Å². The number of guanidine groups is 1. The van der Waals surface area contributed by atoms with Crippen molar-refractivity contribution < 1.29 is 0 Å². The lowest BCUT2D eigenvalue weighted by molar-refractivity contribution is 0.131. The Balaban J connectivity index is 1.52. The third-order valence-corrected chi connectivity index (χ3v) is 6.08. The largest absolute Gasteiger partial charge is 0.352 e. The highest BCUT2D eigenvalue weighted by molar-refractivity contribution is 7.11. The summed E-state index contributed by atoms with van der Waals surface area (Å²) in [6.07, 6.45) is 1.91. The Morgan fingerprint density at radius 2 is 1.75 bits per heavy atom. The molecule has 1 aromatic carbocycles.